The number of pyridine rings is 1. The Morgan fingerprint density at radius 2 is 2.04 bits per heavy atom. The summed E-state index contributed by atoms with van der Waals surface area (Å²) < 4.78 is 7.21. The molecule has 0 aliphatic heterocycles. The SMILES string of the molecule is COc1ccc([C@@H](C)NC(=O)CCn2ccc3ccncc32)cc1. The first kappa shape index (κ1) is 16.1. The number of hydrogen-bond donors (Lipinski definition) is 1. The van der Waals surface area contributed by atoms with Gasteiger partial charge in [0.15, 0.2) is 0 Å². The van der Waals surface area contributed by atoms with Crippen LogP contribution in [0, 0.1) is 0 Å². The second kappa shape index (κ2) is 7.17. The molecule has 0 unspecified atom stereocenters. The average Bonchev–Trinajstić information content (AvgIpc) is 3.03. The molecule has 3 rings (SSSR count). The van der Waals surface area contributed by atoms with Crippen molar-refractivity contribution in [2.24, 2.45) is 0 Å². The number of nitrogens with one attached hydrogen (secondary N) is 1. The van der Waals surface area contributed by atoms with Crippen molar-refractivity contribution in [1.29, 1.82) is 0 Å². The molecule has 2 heterocycles. The number of carbonyl (C=O) groups excluding carboxylic acids is 1. The predicted octanol–water partition coefficient (Wildman–Crippen LogP) is 3.31. The maximum absolute atomic E-state index is 12.2. The zero-order chi connectivity index (χ0) is 16.9. The van der Waals surface area contributed by atoms with Crippen molar-refractivity contribution >= 4 is 16.8 Å². The average molecular weight is 323 g/mol. The van der Waals surface area contributed by atoms with Gasteiger partial charge in [0.2, 0.25) is 5.91 Å². The Labute approximate surface area is 141 Å². The van der Waals surface area contributed by atoms with Gasteiger partial charge in [-0.15, -0.1) is 0 Å². The molecule has 0 radical (unpaired) electrons. The van der Waals surface area contributed by atoms with E-state index in [9.17, 15) is 4.79 Å². The Balaban J connectivity index is 1.57. The maximum Gasteiger partial charge on any atom is 0.222 e. The molecule has 1 atom stereocenters. The number of fused-ring (bicyclic) bond motifs is 1. The number of hydrogen-bond acceptors (Lipinski definition) is 3. The second-order valence-corrected chi connectivity index (χ2v) is 5.76. The summed E-state index contributed by atoms with van der Waals surface area (Å²) in [6, 6.07) is 11.7. The van der Waals surface area contributed by atoms with Crippen LogP contribution in [0.5, 0.6) is 5.75 Å². The summed E-state index contributed by atoms with van der Waals surface area (Å²) in [6.45, 7) is 2.62. The van der Waals surface area contributed by atoms with Crippen molar-refractivity contribution in [3.63, 3.8) is 0 Å². The first-order valence-corrected chi connectivity index (χ1v) is 7.99. The molecule has 5 nitrogen and oxygen atoms in total. The second-order valence-electron chi connectivity index (χ2n) is 5.76. The molecule has 24 heavy (non-hydrogen) atoms. The summed E-state index contributed by atoms with van der Waals surface area (Å²) in [4.78, 5) is 16.4. The summed E-state index contributed by atoms with van der Waals surface area (Å²) in [7, 11) is 1.64. The van der Waals surface area contributed by atoms with E-state index in [1.807, 2.05) is 55.7 Å². The van der Waals surface area contributed by atoms with Gasteiger partial charge in [-0.1, -0.05) is 12.1 Å². The van der Waals surface area contributed by atoms with Gasteiger partial charge < -0.3 is 14.6 Å². The van der Waals surface area contributed by atoms with E-state index < -0.39 is 0 Å². The Morgan fingerprint density at radius 1 is 1.25 bits per heavy atom. The van der Waals surface area contributed by atoms with Crippen LogP contribution >= 0.6 is 0 Å². The molecule has 3 aromatic rings. The lowest BCUT2D eigenvalue weighted by Crippen LogP contribution is -2.27. The Bertz CT molecular complexity index is 824. The number of rotatable bonds is 6. The van der Waals surface area contributed by atoms with Crippen molar-refractivity contribution in [1.82, 2.24) is 14.9 Å². The summed E-state index contributed by atoms with van der Waals surface area (Å²) in [5.41, 5.74) is 2.10. The zero-order valence-electron chi connectivity index (χ0n) is 13.9. The lowest BCUT2D eigenvalue weighted by Gasteiger charge is -2.15. The van der Waals surface area contributed by atoms with E-state index >= 15 is 0 Å². The Hall–Kier alpha value is -2.82. The third-order valence-corrected chi connectivity index (χ3v) is 4.15. The van der Waals surface area contributed by atoms with Crippen LogP contribution < -0.4 is 10.1 Å². The highest BCUT2D eigenvalue weighted by Gasteiger charge is 2.10. The number of amides is 1. The molecule has 0 bridgehead atoms. The van der Waals surface area contributed by atoms with Gasteiger partial charge in [-0.2, -0.15) is 0 Å². The minimum Gasteiger partial charge on any atom is -0.497 e. The van der Waals surface area contributed by atoms with Gasteiger partial charge in [-0.25, -0.2) is 0 Å². The fourth-order valence-corrected chi connectivity index (χ4v) is 2.73. The lowest BCUT2D eigenvalue weighted by atomic mass is 10.1. The molecule has 1 amide bonds. The lowest BCUT2D eigenvalue weighted by molar-refractivity contribution is -0.121. The molecule has 0 fully saturated rings. The van der Waals surface area contributed by atoms with Gasteiger partial charge >= 0.3 is 0 Å². The fraction of sp³-hybridized carbons (Fsp3) is 0.263. The molecule has 5 heteroatoms. The number of carbonyl (C=O) groups is 1. The number of aryl methyl sites for hydroxylation is 1. The van der Waals surface area contributed by atoms with E-state index in [0.29, 0.717) is 13.0 Å². The molecule has 1 aromatic carbocycles. The van der Waals surface area contributed by atoms with E-state index in [1.165, 1.54) is 0 Å². The molecule has 0 aliphatic rings. The van der Waals surface area contributed by atoms with Crippen LogP contribution in [0.3, 0.4) is 0 Å². The molecular formula is C19H21N3O2. The zero-order valence-corrected chi connectivity index (χ0v) is 13.9. The van der Waals surface area contributed by atoms with Crippen LogP contribution in [-0.4, -0.2) is 22.6 Å². The van der Waals surface area contributed by atoms with Crippen molar-refractivity contribution in [3.8, 4) is 5.75 Å². The van der Waals surface area contributed by atoms with Gasteiger partial charge in [0.1, 0.15) is 5.75 Å². The quantitative estimate of drug-likeness (QED) is 0.757. The van der Waals surface area contributed by atoms with Crippen LogP contribution in [0.2, 0.25) is 0 Å². The summed E-state index contributed by atoms with van der Waals surface area (Å²) in [5, 5.41) is 4.17. The van der Waals surface area contributed by atoms with E-state index in [2.05, 4.69) is 14.9 Å². The number of nitrogens with zero attached hydrogens (tertiary/aromatic N) is 2. The summed E-state index contributed by atoms with van der Waals surface area (Å²) >= 11 is 0. The molecule has 124 valence electrons. The van der Waals surface area contributed by atoms with Crippen molar-refractivity contribution in [2.75, 3.05) is 7.11 Å². The van der Waals surface area contributed by atoms with E-state index in [0.717, 1.165) is 22.2 Å². The van der Waals surface area contributed by atoms with Crippen LogP contribution in [-0.2, 0) is 11.3 Å². The van der Waals surface area contributed by atoms with Gasteiger partial charge in [-0.05, 0) is 36.8 Å². The monoisotopic (exact) mass is 323 g/mol. The first-order chi connectivity index (χ1) is 11.7. The maximum atomic E-state index is 12.2. The molecule has 2 aromatic heterocycles. The third-order valence-electron chi connectivity index (χ3n) is 4.15. The topological polar surface area (TPSA) is 56.1 Å². The predicted molar refractivity (Wildman–Crippen MR) is 93.9 cm³/mol. The van der Waals surface area contributed by atoms with Crippen molar-refractivity contribution < 1.29 is 9.53 Å². The Kier molecular flexibility index (Phi) is 4.79. The van der Waals surface area contributed by atoms with Gasteiger partial charge in [0.25, 0.3) is 0 Å². The van der Waals surface area contributed by atoms with Gasteiger partial charge in [0.05, 0.1) is 24.9 Å². The van der Waals surface area contributed by atoms with Crippen LogP contribution in [0.25, 0.3) is 10.9 Å². The number of aromatic nitrogens is 2. The molecule has 1 N–H and O–H groups in total. The molecular weight excluding hydrogens is 302 g/mol. The standard InChI is InChI=1S/C19H21N3O2/c1-14(15-3-5-17(24-2)6-4-15)21-19(23)9-12-22-11-8-16-7-10-20-13-18(16)22/h3-8,10-11,13-14H,9,12H2,1-2H3,(H,21,23)/t14-/m1/s1. The van der Waals surface area contributed by atoms with Crippen molar-refractivity contribution in [3.05, 3.63) is 60.6 Å². The molecule has 0 saturated heterocycles. The van der Waals surface area contributed by atoms with Crippen LogP contribution in [0.15, 0.2) is 55.0 Å². The minimum absolute atomic E-state index is 0.0315. The van der Waals surface area contributed by atoms with Crippen LogP contribution in [0.4, 0.5) is 0 Å². The molecule has 0 saturated carbocycles. The van der Waals surface area contributed by atoms with E-state index in [4.69, 9.17) is 4.74 Å². The van der Waals surface area contributed by atoms with E-state index in [1.54, 1.807) is 13.3 Å². The fourth-order valence-electron chi connectivity index (χ4n) is 2.73. The van der Waals surface area contributed by atoms with Crippen LogP contribution in [0.1, 0.15) is 24.9 Å². The Morgan fingerprint density at radius 3 is 2.79 bits per heavy atom. The van der Waals surface area contributed by atoms with E-state index in [-0.39, 0.29) is 11.9 Å². The molecule has 0 aliphatic carbocycles. The first-order valence-electron chi connectivity index (χ1n) is 7.99. The highest BCUT2D eigenvalue weighted by atomic mass is 16.5. The normalized spacial score (nSPS) is 12.1. The summed E-state index contributed by atoms with van der Waals surface area (Å²) in [5.74, 6) is 0.842. The largest absolute Gasteiger partial charge is 0.497 e. The number of ether oxygens (including phenoxy) is 1. The molecule has 0 spiro atoms. The highest BCUT2D eigenvalue weighted by Crippen LogP contribution is 2.18. The highest BCUT2D eigenvalue weighted by molar-refractivity contribution is 5.80. The number of methoxy groups -OCH3 is 1. The number of benzene rings is 1. The smallest absolute Gasteiger partial charge is 0.222 e. The van der Waals surface area contributed by atoms with Gasteiger partial charge in [0, 0.05) is 30.7 Å². The minimum atomic E-state index is -0.0357. The van der Waals surface area contributed by atoms with Gasteiger partial charge in [-0.3, -0.25) is 9.78 Å². The third kappa shape index (κ3) is 3.56. The summed E-state index contributed by atoms with van der Waals surface area (Å²) in [6.07, 6.45) is 6.02. The van der Waals surface area contributed by atoms with Crippen molar-refractivity contribution in [2.45, 2.75) is 25.9 Å².